The highest BCUT2D eigenvalue weighted by atomic mass is 79.9. The molecule has 0 aromatic heterocycles. The molecule has 0 radical (unpaired) electrons. The van der Waals surface area contributed by atoms with Crippen molar-refractivity contribution in [1.82, 2.24) is 0 Å². The molecule has 0 saturated heterocycles. The minimum atomic E-state index is -2.67. The highest BCUT2D eigenvalue weighted by Gasteiger charge is 1.79. The first-order chi connectivity index (χ1) is 3.73. The van der Waals surface area contributed by atoms with Crippen LogP contribution in [0.1, 0.15) is 0 Å². The molecule has 0 aromatic rings. The van der Waals surface area contributed by atoms with Crippen molar-refractivity contribution in [3.63, 3.8) is 0 Å². The molecule has 0 heterocycles. The van der Waals surface area contributed by atoms with Crippen molar-refractivity contribution in [2.45, 2.75) is 0 Å². The average molecular weight is 282 g/mol. The topological polar surface area (TPSA) is 51.2 Å². The monoisotopic (exact) mass is 280 g/mol. The Kier molecular flexibility index (Phi) is 7.33. The Hall–Kier alpha value is 0.580. The predicted octanol–water partition coefficient (Wildman–Crippen LogP) is 1.56. The second-order valence-corrected chi connectivity index (χ2v) is 6.16. The van der Waals surface area contributed by atoms with Crippen molar-refractivity contribution < 1.29 is 13.2 Å². The zero-order valence-electron chi connectivity index (χ0n) is 4.89. The Bertz CT molecular complexity index is 159. The van der Waals surface area contributed by atoms with Crippen molar-refractivity contribution in [3.05, 3.63) is 0 Å². The molecule has 6 heteroatoms. The van der Waals surface area contributed by atoms with E-state index in [-0.39, 0.29) is 3.60 Å². The van der Waals surface area contributed by atoms with Crippen LogP contribution in [0.5, 0.6) is 0 Å². The SMILES string of the molecule is CS(C)(=O)=O.O=C(Br)Br. The highest BCUT2D eigenvalue weighted by molar-refractivity contribution is 9.39. The van der Waals surface area contributed by atoms with Crippen molar-refractivity contribution >= 4 is 45.3 Å². The predicted molar refractivity (Wildman–Crippen MR) is 44.0 cm³/mol. The highest BCUT2D eigenvalue weighted by Crippen LogP contribution is 1.93. The number of hydrogen-bond acceptors (Lipinski definition) is 3. The summed E-state index contributed by atoms with van der Waals surface area (Å²) in [6.45, 7) is 0. The standard InChI is InChI=1S/C2H6O2S.CBr2O/c1-5(2,3)4;2-1(3)4/h1-2H3;. The van der Waals surface area contributed by atoms with E-state index >= 15 is 0 Å². The lowest BCUT2D eigenvalue weighted by Gasteiger charge is -1.69. The number of hydrogen-bond donors (Lipinski definition) is 0. The molecule has 0 N–H and O–H groups in total. The number of sulfone groups is 1. The molecule has 0 fully saturated rings. The van der Waals surface area contributed by atoms with Gasteiger partial charge in [-0.3, -0.25) is 4.79 Å². The Morgan fingerprint density at radius 2 is 1.22 bits per heavy atom. The molecule has 0 rings (SSSR count). The molecule has 0 aliphatic rings. The molecule has 0 aliphatic carbocycles. The molecule has 0 unspecified atom stereocenters. The summed E-state index contributed by atoms with van der Waals surface area (Å²) in [5.41, 5.74) is 0. The van der Waals surface area contributed by atoms with Crippen molar-refractivity contribution in [3.8, 4) is 0 Å². The summed E-state index contributed by atoms with van der Waals surface area (Å²) in [5, 5.41) is 0. The third kappa shape index (κ3) is 1100. The summed E-state index contributed by atoms with van der Waals surface area (Å²) in [7, 11) is -2.67. The van der Waals surface area contributed by atoms with E-state index in [0.29, 0.717) is 0 Å². The molecule has 0 bridgehead atoms. The van der Waals surface area contributed by atoms with Crippen LogP contribution in [0.15, 0.2) is 0 Å². The minimum absolute atomic E-state index is 0.208. The van der Waals surface area contributed by atoms with E-state index in [0.717, 1.165) is 12.5 Å². The molecule has 0 saturated carbocycles. The summed E-state index contributed by atoms with van der Waals surface area (Å²) in [6.07, 6.45) is 2.32. The zero-order chi connectivity index (χ0) is 8.08. The lowest BCUT2D eigenvalue weighted by atomic mass is 11.9. The molecule has 56 valence electrons. The van der Waals surface area contributed by atoms with Crippen LogP contribution in [-0.4, -0.2) is 24.5 Å². The van der Waals surface area contributed by atoms with E-state index in [1.54, 1.807) is 0 Å². The average Bonchev–Trinajstić information content (AvgIpc) is 1.19. The van der Waals surface area contributed by atoms with E-state index in [2.05, 4.69) is 31.9 Å². The Labute approximate surface area is 71.0 Å². The first-order valence-electron chi connectivity index (χ1n) is 1.73. The van der Waals surface area contributed by atoms with Gasteiger partial charge in [-0.15, -0.1) is 0 Å². The minimum Gasteiger partial charge on any atom is -0.273 e. The third-order valence-electron chi connectivity index (χ3n) is 0. The van der Waals surface area contributed by atoms with Crippen molar-refractivity contribution in [1.29, 1.82) is 0 Å². The molecular formula is C3H6Br2O3S. The van der Waals surface area contributed by atoms with Gasteiger partial charge in [-0.2, -0.15) is 0 Å². The van der Waals surface area contributed by atoms with Gasteiger partial charge in [-0.05, 0) is 0 Å². The molecule has 0 aliphatic heterocycles. The Morgan fingerprint density at radius 1 is 1.22 bits per heavy atom. The number of carbonyl (C=O) groups is 1. The van der Waals surface area contributed by atoms with Gasteiger partial charge in [0.05, 0.1) is 0 Å². The molecule has 0 spiro atoms. The smallest absolute Gasteiger partial charge is 0.262 e. The zero-order valence-corrected chi connectivity index (χ0v) is 8.88. The van der Waals surface area contributed by atoms with E-state index in [1.165, 1.54) is 0 Å². The van der Waals surface area contributed by atoms with Gasteiger partial charge in [-0.1, -0.05) is 0 Å². The van der Waals surface area contributed by atoms with Crippen LogP contribution < -0.4 is 0 Å². The van der Waals surface area contributed by atoms with Gasteiger partial charge < -0.3 is 0 Å². The van der Waals surface area contributed by atoms with Gasteiger partial charge in [0.2, 0.25) is 0 Å². The molecule has 9 heavy (non-hydrogen) atoms. The molecule has 3 nitrogen and oxygen atoms in total. The fourth-order valence-electron chi connectivity index (χ4n) is 0. The van der Waals surface area contributed by atoms with Gasteiger partial charge in [0, 0.05) is 44.4 Å². The van der Waals surface area contributed by atoms with E-state index in [9.17, 15) is 13.2 Å². The van der Waals surface area contributed by atoms with Crippen LogP contribution in [0.25, 0.3) is 0 Å². The van der Waals surface area contributed by atoms with Crippen molar-refractivity contribution in [2.24, 2.45) is 0 Å². The summed E-state index contributed by atoms with van der Waals surface area (Å²) in [4.78, 5) is 9.28. The van der Waals surface area contributed by atoms with Gasteiger partial charge in [0.25, 0.3) is 3.60 Å². The Balaban J connectivity index is 0. The van der Waals surface area contributed by atoms with Gasteiger partial charge in [0.1, 0.15) is 9.84 Å². The molecular weight excluding hydrogens is 276 g/mol. The maximum absolute atomic E-state index is 9.63. The number of halogens is 2. The summed E-state index contributed by atoms with van der Waals surface area (Å²) >= 11 is 5.10. The quantitative estimate of drug-likeness (QED) is 0.633. The first-order valence-corrected chi connectivity index (χ1v) is 5.62. The van der Waals surface area contributed by atoms with Crippen LogP contribution in [-0.2, 0) is 9.84 Å². The van der Waals surface area contributed by atoms with Crippen LogP contribution >= 0.6 is 31.9 Å². The van der Waals surface area contributed by atoms with E-state index in [4.69, 9.17) is 0 Å². The fraction of sp³-hybridized carbons (Fsp3) is 0.667. The summed E-state index contributed by atoms with van der Waals surface area (Å²) in [5.74, 6) is 0. The van der Waals surface area contributed by atoms with Gasteiger partial charge >= 0.3 is 0 Å². The Morgan fingerprint density at radius 3 is 1.22 bits per heavy atom. The maximum atomic E-state index is 9.63. The molecule has 0 aromatic carbocycles. The largest absolute Gasteiger partial charge is 0.273 e. The van der Waals surface area contributed by atoms with E-state index in [1.807, 2.05) is 0 Å². The fourth-order valence-corrected chi connectivity index (χ4v) is 0. The van der Waals surface area contributed by atoms with Crippen molar-refractivity contribution in [2.75, 3.05) is 12.5 Å². The van der Waals surface area contributed by atoms with Crippen LogP contribution in [0.2, 0.25) is 0 Å². The van der Waals surface area contributed by atoms with Crippen LogP contribution in [0, 0.1) is 0 Å². The number of carbonyl (C=O) groups excluding carboxylic acids is 1. The second-order valence-electron chi connectivity index (χ2n) is 1.37. The number of rotatable bonds is 0. The lowest BCUT2D eigenvalue weighted by Crippen LogP contribution is -1.86. The normalized spacial score (nSPS) is 9.33. The van der Waals surface area contributed by atoms with Gasteiger partial charge in [0.15, 0.2) is 0 Å². The van der Waals surface area contributed by atoms with Crippen LogP contribution in [0.4, 0.5) is 4.79 Å². The lowest BCUT2D eigenvalue weighted by molar-refractivity contribution is 0.278. The molecule has 0 atom stereocenters. The third-order valence-corrected chi connectivity index (χ3v) is 0. The van der Waals surface area contributed by atoms with E-state index < -0.39 is 9.84 Å². The second kappa shape index (κ2) is 5.37. The summed E-state index contributed by atoms with van der Waals surface area (Å²) < 4.78 is 19.1. The first kappa shape index (κ1) is 12.3. The van der Waals surface area contributed by atoms with Crippen LogP contribution in [0.3, 0.4) is 0 Å². The van der Waals surface area contributed by atoms with Gasteiger partial charge in [-0.25, -0.2) is 8.42 Å². The molecule has 0 amide bonds. The summed E-state index contributed by atoms with van der Waals surface area (Å²) in [6, 6.07) is 0. The maximum Gasteiger partial charge on any atom is 0.262 e.